The van der Waals surface area contributed by atoms with Gasteiger partial charge in [-0.05, 0) is 5.92 Å². The van der Waals surface area contributed by atoms with Gasteiger partial charge in [0.05, 0.1) is 6.21 Å². The standard InChI is InChI=1S/C6H7N5.C4H10.C2H4.H2/c7-3-5(8)11-6-1-2-9-4-10-6;1-4(2)3;1-2;/h1-4,7H,(H2,8,9,10,11);4H,1-3H3;1-2H2;1H. The predicted octanol–water partition coefficient (Wildman–Crippen LogP) is 2.83. The first-order chi connectivity index (χ1) is 8.06. The van der Waals surface area contributed by atoms with E-state index in [4.69, 9.17) is 11.1 Å². The molecule has 1 heterocycles. The Morgan fingerprint density at radius 2 is 2.06 bits per heavy atom. The number of aliphatic imine (C=N–C) groups is 1. The lowest BCUT2D eigenvalue weighted by Gasteiger charge is -1.90. The molecule has 1 aromatic heterocycles. The number of aromatic nitrogens is 2. The zero-order valence-electron chi connectivity index (χ0n) is 10.7. The van der Waals surface area contributed by atoms with Crippen molar-refractivity contribution in [2.24, 2.45) is 16.6 Å². The van der Waals surface area contributed by atoms with Gasteiger partial charge in [-0.15, -0.1) is 13.2 Å². The monoisotopic (exact) mass is 237 g/mol. The molecule has 1 aromatic rings. The third-order valence-electron chi connectivity index (χ3n) is 0.958. The summed E-state index contributed by atoms with van der Waals surface area (Å²) in [6.45, 7) is 12.5. The van der Waals surface area contributed by atoms with Crippen molar-refractivity contribution in [3.8, 4) is 0 Å². The summed E-state index contributed by atoms with van der Waals surface area (Å²) in [5, 5.41) is 6.73. The first-order valence-corrected chi connectivity index (χ1v) is 5.17. The summed E-state index contributed by atoms with van der Waals surface area (Å²) in [5.74, 6) is 1.42. The fraction of sp³-hybridized carbons (Fsp3) is 0.333. The molecule has 5 nitrogen and oxygen atoms in total. The minimum absolute atomic E-state index is 0. The number of nitrogens with zero attached hydrogens (tertiary/aromatic N) is 3. The average Bonchev–Trinajstić information content (AvgIpc) is 2.32. The van der Waals surface area contributed by atoms with Gasteiger partial charge in [0.25, 0.3) is 0 Å². The molecular weight excluding hydrogens is 214 g/mol. The lowest BCUT2D eigenvalue weighted by atomic mass is 10.3. The van der Waals surface area contributed by atoms with Crippen LogP contribution < -0.4 is 5.73 Å². The van der Waals surface area contributed by atoms with Crippen LogP contribution in [-0.2, 0) is 0 Å². The van der Waals surface area contributed by atoms with E-state index in [9.17, 15) is 0 Å². The van der Waals surface area contributed by atoms with Gasteiger partial charge in [-0.2, -0.15) is 0 Å². The van der Waals surface area contributed by atoms with Crippen molar-refractivity contribution in [1.82, 2.24) is 9.97 Å². The Morgan fingerprint density at radius 3 is 2.41 bits per heavy atom. The molecule has 5 heteroatoms. The number of rotatable bonds is 2. The minimum Gasteiger partial charge on any atom is -0.382 e. The zero-order valence-corrected chi connectivity index (χ0v) is 10.7. The molecule has 17 heavy (non-hydrogen) atoms. The van der Waals surface area contributed by atoms with Gasteiger partial charge < -0.3 is 11.1 Å². The maximum atomic E-state index is 6.73. The summed E-state index contributed by atoms with van der Waals surface area (Å²) in [5.41, 5.74) is 5.25. The zero-order chi connectivity index (χ0) is 13.7. The molecule has 0 fully saturated rings. The Hall–Kier alpha value is -2.04. The summed E-state index contributed by atoms with van der Waals surface area (Å²) < 4.78 is 0. The summed E-state index contributed by atoms with van der Waals surface area (Å²) in [6.07, 6.45) is 3.89. The van der Waals surface area contributed by atoms with Crippen LogP contribution in [0, 0.1) is 11.3 Å². The first-order valence-electron chi connectivity index (χ1n) is 5.17. The van der Waals surface area contributed by atoms with Crippen LogP contribution in [0.2, 0.25) is 0 Å². The molecule has 0 amide bonds. The molecule has 0 aliphatic carbocycles. The van der Waals surface area contributed by atoms with E-state index >= 15 is 0 Å². The Morgan fingerprint density at radius 1 is 1.53 bits per heavy atom. The highest BCUT2D eigenvalue weighted by atomic mass is 15.0. The van der Waals surface area contributed by atoms with Crippen LogP contribution in [0.25, 0.3) is 0 Å². The van der Waals surface area contributed by atoms with Crippen molar-refractivity contribution in [3.05, 3.63) is 31.7 Å². The van der Waals surface area contributed by atoms with Gasteiger partial charge in [-0.3, -0.25) is 0 Å². The minimum atomic E-state index is 0. The second-order valence-corrected chi connectivity index (χ2v) is 3.48. The lowest BCUT2D eigenvalue weighted by molar-refractivity contribution is 0.737. The van der Waals surface area contributed by atoms with Crippen LogP contribution >= 0.6 is 0 Å². The van der Waals surface area contributed by atoms with Crippen LogP contribution in [0.15, 0.2) is 36.7 Å². The number of hydrogen-bond acceptors (Lipinski definition) is 4. The molecule has 0 radical (unpaired) electrons. The number of nitrogens with one attached hydrogen (secondary N) is 1. The quantitative estimate of drug-likeness (QED) is 0.471. The largest absolute Gasteiger partial charge is 0.382 e. The molecule has 0 bridgehead atoms. The first kappa shape index (κ1) is 17.4. The summed E-state index contributed by atoms with van der Waals surface area (Å²) in [7, 11) is 0. The normalized spacial score (nSPS) is 9.53. The molecule has 0 saturated carbocycles. The molecule has 0 unspecified atom stereocenters. The molecule has 3 N–H and O–H groups in total. The molecule has 0 aliphatic rings. The Kier molecular flexibility index (Phi) is 12.3. The van der Waals surface area contributed by atoms with Crippen molar-refractivity contribution < 1.29 is 1.43 Å². The number of hydrogen-bond donors (Lipinski definition) is 2. The summed E-state index contributed by atoms with van der Waals surface area (Å²) in [4.78, 5) is 11.3. The van der Waals surface area contributed by atoms with Crippen LogP contribution in [0.1, 0.15) is 22.2 Å². The molecule has 1 rings (SSSR count). The molecule has 96 valence electrons. The molecule has 0 atom stereocenters. The van der Waals surface area contributed by atoms with Crippen LogP contribution in [0.3, 0.4) is 0 Å². The third-order valence-corrected chi connectivity index (χ3v) is 0.958. The highest BCUT2D eigenvalue weighted by Gasteiger charge is 1.88. The maximum absolute atomic E-state index is 6.73. The van der Waals surface area contributed by atoms with Gasteiger partial charge in [0.15, 0.2) is 5.82 Å². The van der Waals surface area contributed by atoms with E-state index < -0.39 is 0 Å². The van der Waals surface area contributed by atoms with Crippen molar-refractivity contribution >= 4 is 17.9 Å². The lowest BCUT2D eigenvalue weighted by Crippen LogP contribution is -2.11. The van der Waals surface area contributed by atoms with E-state index in [-0.39, 0.29) is 7.26 Å². The second-order valence-electron chi connectivity index (χ2n) is 3.48. The Labute approximate surface area is 105 Å². The van der Waals surface area contributed by atoms with E-state index in [0.717, 1.165) is 12.1 Å². The van der Waals surface area contributed by atoms with Gasteiger partial charge in [0.2, 0.25) is 0 Å². The molecule has 0 aliphatic heterocycles. The highest BCUT2D eigenvalue weighted by Crippen LogP contribution is 2.01. The number of amidine groups is 1. The van der Waals surface area contributed by atoms with E-state index in [0.29, 0.717) is 5.82 Å². The van der Waals surface area contributed by atoms with Crippen LogP contribution in [-0.4, -0.2) is 22.0 Å². The topological polar surface area (TPSA) is 88.0 Å². The van der Waals surface area contributed by atoms with Gasteiger partial charge >= 0.3 is 0 Å². The highest BCUT2D eigenvalue weighted by molar-refractivity contribution is 6.27. The van der Waals surface area contributed by atoms with Gasteiger partial charge in [-0.1, -0.05) is 20.8 Å². The van der Waals surface area contributed by atoms with E-state index in [1.165, 1.54) is 6.33 Å². The van der Waals surface area contributed by atoms with Crippen molar-refractivity contribution in [2.75, 3.05) is 0 Å². The summed E-state index contributed by atoms with van der Waals surface area (Å²) in [6, 6.07) is 1.61. The van der Waals surface area contributed by atoms with Crippen molar-refractivity contribution in [1.29, 1.82) is 5.41 Å². The van der Waals surface area contributed by atoms with Gasteiger partial charge in [0.1, 0.15) is 12.2 Å². The van der Waals surface area contributed by atoms with E-state index in [2.05, 4.69) is 48.9 Å². The smallest absolute Gasteiger partial charge is 0.157 e. The average molecular weight is 237 g/mol. The van der Waals surface area contributed by atoms with Crippen molar-refractivity contribution in [3.63, 3.8) is 0 Å². The van der Waals surface area contributed by atoms with E-state index in [1.807, 2.05) is 0 Å². The van der Waals surface area contributed by atoms with Crippen LogP contribution in [0.4, 0.5) is 5.82 Å². The maximum Gasteiger partial charge on any atom is 0.157 e. The van der Waals surface area contributed by atoms with Crippen LogP contribution in [0.5, 0.6) is 0 Å². The van der Waals surface area contributed by atoms with Gasteiger partial charge in [-0.25, -0.2) is 15.0 Å². The molecular formula is C12H23N5. The Bertz CT molecular complexity index is 322. The van der Waals surface area contributed by atoms with Gasteiger partial charge in [0, 0.05) is 13.7 Å². The molecule has 0 aromatic carbocycles. The number of nitrogens with two attached hydrogens (primary N) is 1. The van der Waals surface area contributed by atoms with E-state index in [1.54, 1.807) is 12.3 Å². The molecule has 0 saturated heterocycles. The predicted molar refractivity (Wildman–Crippen MR) is 76.0 cm³/mol. The second kappa shape index (κ2) is 12.0. The third kappa shape index (κ3) is 14.0. The fourth-order valence-electron chi connectivity index (χ4n) is 0.514. The molecule has 0 spiro atoms. The Balaban J connectivity index is -0.000000277. The van der Waals surface area contributed by atoms with Crippen molar-refractivity contribution in [2.45, 2.75) is 20.8 Å². The fourth-order valence-corrected chi connectivity index (χ4v) is 0.514. The SMILES string of the molecule is C=C.CC(C)C.N=CC(N)=Nc1ccncn1.[HH]. The summed E-state index contributed by atoms with van der Waals surface area (Å²) >= 11 is 0.